The van der Waals surface area contributed by atoms with Gasteiger partial charge in [-0.15, -0.1) is 0 Å². The highest BCUT2D eigenvalue weighted by Crippen LogP contribution is 2.11. The molecule has 0 unspecified atom stereocenters. The number of nitrogens with zero attached hydrogens (tertiary/aromatic N) is 5. The summed E-state index contributed by atoms with van der Waals surface area (Å²) in [6, 6.07) is 0.683. The fourth-order valence-electron chi connectivity index (χ4n) is 1.90. The Hall–Kier alpha value is -2.77. The van der Waals surface area contributed by atoms with E-state index in [1.165, 1.54) is 30.2 Å². The summed E-state index contributed by atoms with van der Waals surface area (Å²) in [5.74, 6) is -0.688. The van der Waals surface area contributed by atoms with Crippen LogP contribution in [0.4, 0.5) is 0 Å². The van der Waals surface area contributed by atoms with Crippen molar-refractivity contribution in [2.24, 2.45) is 0 Å². The SMILES string of the molecule is C[C@H](C(=O)O)n1ccc2c(cnc3ncnn32)c1=O. The van der Waals surface area contributed by atoms with Crippen LogP contribution in [0.2, 0.25) is 0 Å². The Bertz CT molecular complexity index is 850. The number of hydrogen-bond acceptors (Lipinski definition) is 5. The fraction of sp³-hybridized carbons (Fsp3) is 0.182. The first-order chi connectivity index (χ1) is 9.09. The van der Waals surface area contributed by atoms with E-state index in [0.29, 0.717) is 16.7 Å². The van der Waals surface area contributed by atoms with E-state index in [0.717, 1.165) is 4.57 Å². The average molecular weight is 259 g/mol. The molecule has 0 aliphatic carbocycles. The molecule has 0 saturated carbocycles. The summed E-state index contributed by atoms with van der Waals surface area (Å²) in [7, 11) is 0. The zero-order chi connectivity index (χ0) is 13.6. The summed E-state index contributed by atoms with van der Waals surface area (Å²) in [5.41, 5.74) is 0.124. The monoisotopic (exact) mass is 259 g/mol. The van der Waals surface area contributed by atoms with Gasteiger partial charge in [-0.3, -0.25) is 4.79 Å². The third-order valence-corrected chi connectivity index (χ3v) is 2.98. The van der Waals surface area contributed by atoms with Crippen LogP contribution in [0.5, 0.6) is 0 Å². The standard InChI is InChI=1S/C11H9N5O3/c1-6(10(18)19)15-3-2-8-7(9(15)17)4-12-11-13-5-14-16(8)11/h2-6H,1H3,(H,18,19)/t6-/m1/s1. The molecule has 8 nitrogen and oxygen atoms in total. The van der Waals surface area contributed by atoms with Crippen molar-refractivity contribution >= 4 is 22.6 Å². The topological polar surface area (TPSA) is 102 Å². The first-order valence-electron chi connectivity index (χ1n) is 5.52. The molecule has 0 aliphatic rings. The lowest BCUT2D eigenvalue weighted by atomic mass is 10.2. The second kappa shape index (κ2) is 3.87. The number of fused-ring (bicyclic) bond motifs is 3. The van der Waals surface area contributed by atoms with Crippen LogP contribution >= 0.6 is 0 Å². The molecule has 3 aromatic rings. The fourth-order valence-corrected chi connectivity index (χ4v) is 1.90. The van der Waals surface area contributed by atoms with E-state index >= 15 is 0 Å². The molecule has 8 heteroatoms. The van der Waals surface area contributed by atoms with Crippen LogP contribution in [0.3, 0.4) is 0 Å². The van der Waals surface area contributed by atoms with E-state index in [-0.39, 0.29) is 0 Å². The summed E-state index contributed by atoms with van der Waals surface area (Å²) < 4.78 is 2.58. The molecule has 0 amide bonds. The van der Waals surface area contributed by atoms with E-state index in [1.54, 1.807) is 6.07 Å². The van der Waals surface area contributed by atoms with Gasteiger partial charge in [0.05, 0.1) is 10.9 Å². The Morgan fingerprint density at radius 2 is 2.21 bits per heavy atom. The van der Waals surface area contributed by atoms with Crippen molar-refractivity contribution in [1.82, 2.24) is 24.1 Å². The predicted octanol–water partition coefficient (Wildman–Crippen LogP) is 0.0848. The summed E-state index contributed by atoms with van der Waals surface area (Å²) in [5, 5.41) is 13.2. The molecule has 19 heavy (non-hydrogen) atoms. The van der Waals surface area contributed by atoms with Gasteiger partial charge in [0.2, 0.25) is 0 Å². The minimum Gasteiger partial charge on any atom is -0.480 e. The number of aromatic nitrogens is 5. The quantitative estimate of drug-likeness (QED) is 0.699. The number of carboxylic acids is 1. The van der Waals surface area contributed by atoms with Crippen LogP contribution < -0.4 is 5.56 Å². The second-order valence-corrected chi connectivity index (χ2v) is 4.07. The molecule has 0 saturated heterocycles. The zero-order valence-electron chi connectivity index (χ0n) is 9.89. The molecule has 3 heterocycles. The smallest absolute Gasteiger partial charge is 0.326 e. The number of hydrogen-bond donors (Lipinski definition) is 1. The highest BCUT2D eigenvalue weighted by atomic mass is 16.4. The predicted molar refractivity (Wildman–Crippen MR) is 64.9 cm³/mol. The molecule has 0 radical (unpaired) electrons. The van der Waals surface area contributed by atoms with Crippen LogP contribution in [0, 0.1) is 0 Å². The van der Waals surface area contributed by atoms with Gasteiger partial charge in [-0.25, -0.2) is 9.78 Å². The summed E-state index contributed by atoms with van der Waals surface area (Å²) in [4.78, 5) is 31.1. The van der Waals surface area contributed by atoms with Crippen LogP contribution in [0.25, 0.3) is 16.7 Å². The third kappa shape index (κ3) is 1.57. The van der Waals surface area contributed by atoms with E-state index in [4.69, 9.17) is 5.11 Å². The molecule has 96 valence electrons. The molecule has 0 bridgehead atoms. The molecule has 3 aromatic heterocycles. The van der Waals surface area contributed by atoms with Crippen molar-refractivity contribution in [3.05, 3.63) is 35.1 Å². The van der Waals surface area contributed by atoms with Crippen molar-refractivity contribution in [3.63, 3.8) is 0 Å². The van der Waals surface area contributed by atoms with E-state index in [9.17, 15) is 9.59 Å². The first kappa shape index (κ1) is 11.3. The van der Waals surface area contributed by atoms with Crippen LogP contribution in [-0.4, -0.2) is 35.2 Å². The Morgan fingerprint density at radius 3 is 2.95 bits per heavy atom. The Labute approximate surface area is 106 Å². The van der Waals surface area contributed by atoms with Gasteiger partial charge in [0.15, 0.2) is 0 Å². The Kier molecular flexibility index (Phi) is 2.31. The molecule has 0 spiro atoms. The van der Waals surface area contributed by atoms with Gasteiger partial charge in [0.25, 0.3) is 11.3 Å². The van der Waals surface area contributed by atoms with Crippen LogP contribution in [-0.2, 0) is 4.79 Å². The zero-order valence-corrected chi connectivity index (χ0v) is 9.89. The highest BCUT2D eigenvalue weighted by molar-refractivity contribution is 5.79. The normalized spacial score (nSPS) is 12.9. The number of carboxylic acid groups (broad SMARTS) is 1. The van der Waals surface area contributed by atoms with Gasteiger partial charge >= 0.3 is 5.97 Å². The number of rotatable bonds is 2. The molecule has 1 atom stereocenters. The van der Waals surface area contributed by atoms with Gasteiger partial charge in [-0.2, -0.15) is 14.6 Å². The van der Waals surface area contributed by atoms with Gasteiger partial charge < -0.3 is 9.67 Å². The second-order valence-electron chi connectivity index (χ2n) is 4.07. The lowest BCUT2D eigenvalue weighted by molar-refractivity contribution is -0.140. The molecular formula is C11H9N5O3. The summed E-state index contributed by atoms with van der Waals surface area (Å²) >= 11 is 0. The van der Waals surface area contributed by atoms with Crippen molar-refractivity contribution in [3.8, 4) is 0 Å². The first-order valence-corrected chi connectivity index (χ1v) is 5.52. The Balaban J connectivity index is 2.37. The molecule has 0 fully saturated rings. The lowest BCUT2D eigenvalue weighted by Crippen LogP contribution is -2.28. The number of pyridine rings is 1. The lowest BCUT2D eigenvalue weighted by Gasteiger charge is -2.11. The van der Waals surface area contributed by atoms with Gasteiger partial charge in [-0.05, 0) is 13.0 Å². The number of carbonyl (C=O) groups is 1. The highest BCUT2D eigenvalue weighted by Gasteiger charge is 2.16. The van der Waals surface area contributed by atoms with Crippen molar-refractivity contribution < 1.29 is 9.90 Å². The van der Waals surface area contributed by atoms with Crippen LogP contribution in [0.1, 0.15) is 13.0 Å². The molecule has 1 N–H and O–H groups in total. The minimum absolute atomic E-state index is 0.300. The largest absolute Gasteiger partial charge is 0.480 e. The molecule has 0 aromatic carbocycles. The van der Waals surface area contributed by atoms with Gasteiger partial charge in [0.1, 0.15) is 12.4 Å². The van der Waals surface area contributed by atoms with Gasteiger partial charge in [-0.1, -0.05) is 0 Å². The van der Waals surface area contributed by atoms with Crippen molar-refractivity contribution in [2.75, 3.05) is 0 Å². The Morgan fingerprint density at radius 1 is 1.42 bits per heavy atom. The summed E-state index contributed by atoms with van der Waals surface area (Å²) in [6.07, 6.45) is 4.16. The average Bonchev–Trinajstić information content (AvgIpc) is 2.86. The van der Waals surface area contributed by atoms with Crippen molar-refractivity contribution in [2.45, 2.75) is 13.0 Å². The molecular weight excluding hydrogens is 250 g/mol. The number of aliphatic carboxylic acids is 1. The maximum absolute atomic E-state index is 12.2. The molecule has 3 rings (SSSR count). The van der Waals surface area contributed by atoms with E-state index < -0.39 is 17.6 Å². The molecule has 0 aliphatic heterocycles. The van der Waals surface area contributed by atoms with Gasteiger partial charge in [0, 0.05) is 12.4 Å². The summed E-state index contributed by atoms with van der Waals surface area (Å²) in [6.45, 7) is 1.44. The van der Waals surface area contributed by atoms with Crippen molar-refractivity contribution in [1.29, 1.82) is 0 Å². The third-order valence-electron chi connectivity index (χ3n) is 2.98. The van der Waals surface area contributed by atoms with E-state index in [2.05, 4.69) is 15.1 Å². The minimum atomic E-state index is -1.07. The maximum atomic E-state index is 12.2. The van der Waals surface area contributed by atoms with E-state index in [1.807, 2.05) is 0 Å². The van der Waals surface area contributed by atoms with Crippen LogP contribution in [0.15, 0.2) is 29.6 Å². The maximum Gasteiger partial charge on any atom is 0.326 e.